The summed E-state index contributed by atoms with van der Waals surface area (Å²) in [7, 11) is 0. The molecular weight excluding hydrogens is 552 g/mol. The predicted octanol–water partition coefficient (Wildman–Crippen LogP) is 10.5. The van der Waals surface area contributed by atoms with Gasteiger partial charge in [-0.05, 0) is 96.5 Å². The molecule has 0 radical (unpaired) electrons. The van der Waals surface area contributed by atoms with Crippen molar-refractivity contribution in [1.82, 2.24) is 19.3 Å². The van der Waals surface area contributed by atoms with Gasteiger partial charge in [0.25, 0.3) is 0 Å². The number of rotatable bonds is 8. The molecular formula is C40H38N4O. The van der Waals surface area contributed by atoms with Crippen LogP contribution in [0.5, 0.6) is 11.5 Å². The van der Waals surface area contributed by atoms with Gasteiger partial charge in [-0.25, -0.2) is 9.67 Å². The van der Waals surface area contributed by atoms with E-state index in [2.05, 4.69) is 112 Å². The fourth-order valence-corrected chi connectivity index (χ4v) is 6.54. The van der Waals surface area contributed by atoms with E-state index in [1.165, 1.54) is 38.6 Å². The Morgan fingerprint density at radius 3 is 2.36 bits per heavy atom. The van der Waals surface area contributed by atoms with Gasteiger partial charge in [-0.15, -0.1) is 0 Å². The highest BCUT2D eigenvalue weighted by molar-refractivity contribution is 6.09. The van der Waals surface area contributed by atoms with Crippen LogP contribution in [0.15, 0.2) is 110 Å². The van der Waals surface area contributed by atoms with Crippen LogP contribution in [0.2, 0.25) is 0 Å². The van der Waals surface area contributed by atoms with Crippen LogP contribution >= 0.6 is 0 Å². The van der Waals surface area contributed by atoms with E-state index < -0.39 is 0 Å². The maximum Gasteiger partial charge on any atom is 0.137 e. The molecule has 7 rings (SSSR count). The Morgan fingerprint density at radius 2 is 1.56 bits per heavy atom. The Morgan fingerprint density at radius 1 is 0.778 bits per heavy atom. The van der Waals surface area contributed by atoms with Crippen molar-refractivity contribution in [3.63, 3.8) is 0 Å². The molecule has 0 aliphatic rings. The zero-order valence-corrected chi connectivity index (χ0v) is 26.6. The first-order valence-corrected chi connectivity index (χ1v) is 15.8. The molecule has 0 spiro atoms. The van der Waals surface area contributed by atoms with Gasteiger partial charge >= 0.3 is 0 Å². The smallest absolute Gasteiger partial charge is 0.137 e. The molecule has 3 aromatic heterocycles. The Hall–Kier alpha value is -5.16. The van der Waals surface area contributed by atoms with Crippen molar-refractivity contribution < 1.29 is 4.74 Å². The minimum Gasteiger partial charge on any atom is -0.457 e. The Balaban J connectivity index is 1.23. The summed E-state index contributed by atoms with van der Waals surface area (Å²) in [5, 5.41) is 7.09. The normalized spacial score (nSPS) is 11.6. The van der Waals surface area contributed by atoms with Crippen molar-refractivity contribution in [2.45, 2.75) is 53.4 Å². The molecule has 0 N–H and O–H groups in total. The molecule has 0 aliphatic carbocycles. The summed E-state index contributed by atoms with van der Waals surface area (Å²) in [6.07, 6.45) is 8.22. The largest absolute Gasteiger partial charge is 0.457 e. The summed E-state index contributed by atoms with van der Waals surface area (Å²) >= 11 is 0. The Bertz CT molecular complexity index is 2140. The van der Waals surface area contributed by atoms with Crippen molar-refractivity contribution in [1.29, 1.82) is 0 Å². The number of aryl methyl sites for hydroxylation is 3. The van der Waals surface area contributed by atoms with E-state index in [-0.39, 0.29) is 0 Å². The van der Waals surface area contributed by atoms with E-state index in [1.54, 1.807) is 0 Å². The molecule has 3 heterocycles. The quantitative estimate of drug-likeness (QED) is 0.177. The molecule has 5 heteroatoms. The van der Waals surface area contributed by atoms with Gasteiger partial charge in [-0.1, -0.05) is 63.6 Å². The fourth-order valence-electron chi connectivity index (χ4n) is 6.54. The molecule has 0 unspecified atom stereocenters. The Kier molecular flexibility index (Phi) is 7.46. The first-order chi connectivity index (χ1) is 21.9. The lowest BCUT2D eigenvalue weighted by Gasteiger charge is -2.12. The summed E-state index contributed by atoms with van der Waals surface area (Å²) < 4.78 is 10.7. The second kappa shape index (κ2) is 11.7. The number of fused-ring (bicyclic) bond motifs is 3. The minimum absolute atomic E-state index is 0.413. The summed E-state index contributed by atoms with van der Waals surface area (Å²) in [5.74, 6) is 2.84. The number of benzene rings is 4. The summed E-state index contributed by atoms with van der Waals surface area (Å²) in [6, 6.07) is 31.8. The third kappa shape index (κ3) is 5.40. The lowest BCUT2D eigenvalue weighted by Crippen LogP contribution is -1.99. The van der Waals surface area contributed by atoms with Crippen LogP contribution in [0.25, 0.3) is 44.4 Å². The molecule has 0 saturated carbocycles. The fraction of sp³-hybridized carbons (Fsp3) is 0.200. The third-order valence-electron chi connectivity index (χ3n) is 8.63. The van der Waals surface area contributed by atoms with Crippen LogP contribution in [-0.4, -0.2) is 19.3 Å². The summed E-state index contributed by atoms with van der Waals surface area (Å²) in [4.78, 5) is 4.78. The standard InChI is InChI=1S/C40H38N4O/c1-6-10-29-19-27(4)40(28(5)20-29)31-24-42-43(25-31)32-11-9-12-33(22-32)45-34-15-16-36-35-13-7-8-14-37(35)44(38(36)23-34)39-21-30(26(2)3)17-18-41-39/h7-9,11-26H,6,10H2,1-5H3. The average molecular weight is 591 g/mol. The molecule has 0 aliphatic heterocycles. The van der Waals surface area contributed by atoms with Crippen molar-refractivity contribution in [3.8, 4) is 34.1 Å². The summed E-state index contributed by atoms with van der Waals surface area (Å²) in [6.45, 7) is 11.0. The second-order valence-electron chi connectivity index (χ2n) is 12.3. The minimum atomic E-state index is 0.413. The van der Waals surface area contributed by atoms with Gasteiger partial charge in [0.2, 0.25) is 0 Å². The molecule has 0 amide bonds. The van der Waals surface area contributed by atoms with Crippen LogP contribution in [-0.2, 0) is 6.42 Å². The van der Waals surface area contributed by atoms with E-state index in [0.717, 1.165) is 52.4 Å². The molecule has 4 aromatic carbocycles. The van der Waals surface area contributed by atoms with E-state index in [4.69, 9.17) is 14.8 Å². The molecule has 0 fully saturated rings. The SMILES string of the molecule is CCCc1cc(C)c(-c2cnn(-c3cccc(Oc4ccc5c6ccccc6n(-c6cc(C(C)C)ccn6)c5c4)c3)c2)c(C)c1. The highest BCUT2D eigenvalue weighted by atomic mass is 16.5. The summed E-state index contributed by atoms with van der Waals surface area (Å²) in [5.41, 5.74) is 10.7. The number of aromatic nitrogens is 4. The molecule has 0 saturated heterocycles. The average Bonchev–Trinajstić information content (AvgIpc) is 3.64. The van der Waals surface area contributed by atoms with E-state index >= 15 is 0 Å². The highest BCUT2D eigenvalue weighted by Crippen LogP contribution is 2.36. The number of nitrogens with zero attached hydrogens (tertiary/aromatic N) is 4. The highest BCUT2D eigenvalue weighted by Gasteiger charge is 2.16. The van der Waals surface area contributed by atoms with Crippen molar-refractivity contribution >= 4 is 21.8 Å². The zero-order chi connectivity index (χ0) is 31.1. The van der Waals surface area contributed by atoms with Crippen molar-refractivity contribution in [2.24, 2.45) is 0 Å². The van der Waals surface area contributed by atoms with E-state index in [0.29, 0.717) is 5.92 Å². The topological polar surface area (TPSA) is 44.9 Å². The zero-order valence-electron chi connectivity index (χ0n) is 26.6. The first kappa shape index (κ1) is 28.6. The lowest BCUT2D eigenvalue weighted by molar-refractivity contribution is 0.483. The maximum atomic E-state index is 6.49. The van der Waals surface area contributed by atoms with Gasteiger partial charge in [0.15, 0.2) is 0 Å². The van der Waals surface area contributed by atoms with Crippen LogP contribution < -0.4 is 4.74 Å². The number of hydrogen-bond donors (Lipinski definition) is 0. The van der Waals surface area contributed by atoms with Crippen molar-refractivity contribution in [2.75, 3.05) is 0 Å². The van der Waals surface area contributed by atoms with Gasteiger partial charge in [0, 0.05) is 40.9 Å². The van der Waals surface area contributed by atoms with Crippen LogP contribution in [0.4, 0.5) is 0 Å². The molecule has 0 bridgehead atoms. The second-order valence-corrected chi connectivity index (χ2v) is 12.3. The van der Waals surface area contributed by atoms with Gasteiger partial charge in [0.1, 0.15) is 17.3 Å². The van der Waals surface area contributed by atoms with Gasteiger partial charge in [0.05, 0.1) is 22.9 Å². The third-order valence-corrected chi connectivity index (χ3v) is 8.63. The number of pyridine rings is 1. The van der Waals surface area contributed by atoms with Gasteiger partial charge < -0.3 is 4.74 Å². The predicted molar refractivity (Wildman–Crippen MR) is 185 cm³/mol. The molecule has 5 nitrogen and oxygen atoms in total. The lowest BCUT2D eigenvalue weighted by atomic mass is 9.94. The molecule has 7 aromatic rings. The van der Waals surface area contributed by atoms with Gasteiger partial charge in [-0.3, -0.25) is 4.57 Å². The number of para-hydroxylation sites is 1. The van der Waals surface area contributed by atoms with E-state index in [9.17, 15) is 0 Å². The van der Waals surface area contributed by atoms with Crippen LogP contribution in [0.3, 0.4) is 0 Å². The van der Waals surface area contributed by atoms with Crippen molar-refractivity contribution in [3.05, 3.63) is 132 Å². The number of ether oxygens (including phenoxy) is 1. The van der Waals surface area contributed by atoms with E-state index in [1.807, 2.05) is 41.3 Å². The molecule has 224 valence electrons. The molecule has 0 atom stereocenters. The first-order valence-electron chi connectivity index (χ1n) is 15.8. The van der Waals surface area contributed by atoms with Crippen LogP contribution in [0.1, 0.15) is 55.4 Å². The van der Waals surface area contributed by atoms with Gasteiger partial charge in [-0.2, -0.15) is 5.10 Å². The monoisotopic (exact) mass is 590 g/mol. The Labute approximate surface area is 264 Å². The maximum absolute atomic E-state index is 6.49. The number of hydrogen-bond acceptors (Lipinski definition) is 3. The molecule has 45 heavy (non-hydrogen) atoms. The van der Waals surface area contributed by atoms with Crippen LogP contribution in [0, 0.1) is 13.8 Å².